The van der Waals surface area contributed by atoms with Crippen LogP contribution in [0.15, 0.2) is 54.6 Å². The predicted octanol–water partition coefficient (Wildman–Crippen LogP) is 3.70. The summed E-state index contributed by atoms with van der Waals surface area (Å²) in [6, 6.07) is 13.1. The molecule has 0 aromatic heterocycles. The van der Waals surface area contributed by atoms with E-state index in [4.69, 9.17) is 9.47 Å². The molecule has 0 aliphatic carbocycles. The Morgan fingerprint density at radius 1 is 1.14 bits per heavy atom. The normalized spacial score (nSPS) is 10.8. The lowest BCUT2D eigenvalue weighted by atomic mass is 10.1. The van der Waals surface area contributed by atoms with Crippen molar-refractivity contribution in [3.63, 3.8) is 0 Å². The lowest BCUT2D eigenvalue weighted by Crippen LogP contribution is -1.98. The standard InChI is InChI=1S/C17H15FO3/c1-20-12-21-14-9-6-13(7-10-14)8-11-17(19)15-4-2-3-5-16(15)18/h2-11H,12H2,1H3/b11-8+/i18-1. The molecule has 0 bridgehead atoms. The third kappa shape index (κ3) is 4.26. The van der Waals surface area contributed by atoms with Gasteiger partial charge in [-0.15, -0.1) is 0 Å². The van der Waals surface area contributed by atoms with Gasteiger partial charge in [-0.05, 0) is 35.9 Å². The van der Waals surface area contributed by atoms with Gasteiger partial charge in [-0.1, -0.05) is 30.3 Å². The summed E-state index contributed by atoms with van der Waals surface area (Å²) in [5.74, 6) is -0.210. The number of methoxy groups -OCH3 is 1. The van der Waals surface area contributed by atoms with E-state index in [0.29, 0.717) is 5.75 Å². The topological polar surface area (TPSA) is 35.5 Å². The number of benzene rings is 2. The number of rotatable bonds is 6. The smallest absolute Gasteiger partial charge is 0.188 e. The van der Waals surface area contributed by atoms with Crippen molar-refractivity contribution in [1.29, 1.82) is 0 Å². The monoisotopic (exact) mass is 285 g/mol. The fourth-order valence-corrected chi connectivity index (χ4v) is 1.72. The van der Waals surface area contributed by atoms with Gasteiger partial charge < -0.3 is 9.47 Å². The maximum Gasteiger partial charge on any atom is 0.188 e. The van der Waals surface area contributed by atoms with Gasteiger partial charge in [-0.25, -0.2) is 4.39 Å². The zero-order valence-electron chi connectivity index (χ0n) is 11.6. The van der Waals surface area contributed by atoms with Crippen LogP contribution < -0.4 is 4.74 Å². The highest BCUT2D eigenvalue weighted by atomic mass is 18.2. The molecule has 4 heteroatoms. The van der Waals surface area contributed by atoms with E-state index in [1.54, 1.807) is 49.6 Å². The Morgan fingerprint density at radius 2 is 1.86 bits per heavy atom. The van der Waals surface area contributed by atoms with Gasteiger partial charge in [0.05, 0.1) is 5.56 Å². The molecule has 0 spiro atoms. The van der Waals surface area contributed by atoms with Crippen molar-refractivity contribution in [2.45, 2.75) is 0 Å². The maximum absolute atomic E-state index is 13.5. The summed E-state index contributed by atoms with van der Waals surface area (Å²) >= 11 is 0. The summed E-state index contributed by atoms with van der Waals surface area (Å²) in [6.07, 6.45) is 2.98. The van der Waals surface area contributed by atoms with Crippen LogP contribution >= 0.6 is 0 Å². The first kappa shape index (κ1) is 14.9. The van der Waals surface area contributed by atoms with Crippen molar-refractivity contribution < 1.29 is 18.7 Å². The predicted molar refractivity (Wildman–Crippen MR) is 78.7 cm³/mol. The van der Waals surface area contributed by atoms with Gasteiger partial charge in [0.15, 0.2) is 12.6 Å². The fourth-order valence-electron chi connectivity index (χ4n) is 1.72. The highest BCUT2D eigenvalue weighted by Gasteiger charge is 2.06. The van der Waals surface area contributed by atoms with Gasteiger partial charge in [0, 0.05) is 7.11 Å². The van der Waals surface area contributed by atoms with Gasteiger partial charge in [-0.3, -0.25) is 4.79 Å². The first-order valence-electron chi connectivity index (χ1n) is 6.39. The molecule has 0 N–H and O–H groups in total. The minimum atomic E-state index is -0.518. The van der Waals surface area contributed by atoms with E-state index in [0.717, 1.165) is 5.56 Å². The summed E-state index contributed by atoms with van der Waals surface area (Å²) in [4.78, 5) is 11.9. The average Bonchev–Trinajstić information content (AvgIpc) is 2.52. The van der Waals surface area contributed by atoms with Crippen molar-refractivity contribution in [1.82, 2.24) is 0 Å². The van der Waals surface area contributed by atoms with E-state index in [1.165, 1.54) is 18.2 Å². The molecule has 0 saturated heterocycles. The Labute approximate surface area is 122 Å². The molecule has 3 nitrogen and oxygen atoms in total. The Kier molecular flexibility index (Phi) is 5.23. The van der Waals surface area contributed by atoms with Gasteiger partial charge in [-0.2, -0.15) is 0 Å². The van der Waals surface area contributed by atoms with Crippen molar-refractivity contribution in [3.05, 3.63) is 71.6 Å². The second kappa shape index (κ2) is 7.36. The van der Waals surface area contributed by atoms with Crippen molar-refractivity contribution >= 4 is 11.9 Å². The first-order valence-corrected chi connectivity index (χ1v) is 6.39. The summed E-state index contributed by atoms with van der Waals surface area (Å²) in [5.41, 5.74) is 0.887. The summed E-state index contributed by atoms with van der Waals surface area (Å²) in [6.45, 7) is 0.182. The third-order valence-corrected chi connectivity index (χ3v) is 2.79. The Bertz CT molecular complexity index is 633. The molecule has 0 unspecified atom stereocenters. The van der Waals surface area contributed by atoms with Crippen molar-refractivity contribution in [2.24, 2.45) is 0 Å². The van der Waals surface area contributed by atoms with E-state index in [9.17, 15) is 9.18 Å². The molecule has 108 valence electrons. The van der Waals surface area contributed by atoms with Gasteiger partial charge >= 0.3 is 0 Å². The number of ketones is 1. The maximum atomic E-state index is 13.5. The van der Waals surface area contributed by atoms with Gasteiger partial charge in [0.2, 0.25) is 0 Å². The lowest BCUT2D eigenvalue weighted by molar-refractivity contribution is 0.0511. The van der Waals surface area contributed by atoms with Crippen LogP contribution in [-0.2, 0) is 4.74 Å². The van der Waals surface area contributed by atoms with Crippen molar-refractivity contribution in [2.75, 3.05) is 13.9 Å². The number of carbonyl (C=O) groups is 1. The number of allylic oxidation sites excluding steroid dienone is 1. The third-order valence-electron chi connectivity index (χ3n) is 2.79. The minimum Gasteiger partial charge on any atom is -0.468 e. The molecule has 0 amide bonds. The van der Waals surface area contributed by atoms with Crippen LogP contribution in [0.4, 0.5) is 4.39 Å². The molecule has 0 fully saturated rings. The first-order chi connectivity index (χ1) is 10.2. The largest absolute Gasteiger partial charge is 0.468 e. The van der Waals surface area contributed by atoms with Crippen molar-refractivity contribution in [3.8, 4) is 5.75 Å². The number of carbonyl (C=O) groups excluding carboxylic acids is 1. The number of hydrogen-bond donors (Lipinski definition) is 0. The molecule has 0 heterocycles. The van der Waals surface area contributed by atoms with E-state index in [1.807, 2.05) is 0 Å². The van der Waals surface area contributed by atoms with Crippen LogP contribution in [0.1, 0.15) is 15.9 Å². The number of halogens is 1. The Morgan fingerprint density at radius 3 is 2.52 bits per heavy atom. The Hall–Kier alpha value is -2.46. The molecule has 0 aliphatic heterocycles. The van der Waals surface area contributed by atoms with E-state index >= 15 is 0 Å². The molecule has 2 aromatic carbocycles. The fraction of sp³-hybridized carbons (Fsp3) is 0.118. The molecule has 0 saturated carbocycles. The second-order valence-corrected chi connectivity index (χ2v) is 4.30. The number of ether oxygens (including phenoxy) is 2. The number of hydrogen-bond acceptors (Lipinski definition) is 3. The van der Waals surface area contributed by atoms with Gasteiger partial charge in [0.25, 0.3) is 0 Å². The molecule has 2 aromatic rings. The molecular formula is C17H15FO3. The van der Waals surface area contributed by atoms with Crippen LogP contribution in [0.25, 0.3) is 6.08 Å². The minimum absolute atomic E-state index is 0.0637. The molecule has 21 heavy (non-hydrogen) atoms. The van der Waals surface area contributed by atoms with Crippen LogP contribution in [0.2, 0.25) is 0 Å². The zero-order valence-corrected chi connectivity index (χ0v) is 11.6. The SMILES string of the molecule is COCOc1ccc(/C=C/C(=O)c2ccccc2[18F])cc1. The van der Waals surface area contributed by atoms with Crippen LogP contribution in [0.5, 0.6) is 5.75 Å². The zero-order chi connectivity index (χ0) is 15.1. The van der Waals surface area contributed by atoms with E-state index in [-0.39, 0.29) is 18.1 Å². The van der Waals surface area contributed by atoms with Crippen LogP contribution in [0.3, 0.4) is 0 Å². The molecule has 2 rings (SSSR count). The Balaban J connectivity index is 2.04. The summed E-state index contributed by atoms with van der Waals surface area (Å²) in [7, 11) is 1.55. The molecule has 0 aliphatic rings. The lowest BCUT2D eigenvalue weighted by Gasteiger charge is -2.04. The van der Waals surface area contributed by atoms with E-state index in [2.05, 4.69) is 0 Å². The molecule has 0 atom stereocenters. The highest BCUT2D eigenvalue weighted by Crippen LogP contribution is 2.14. The average molecular weight is 285 g/mol. The van der Waals surface area contributed by atoms with Crippen LogP contribution in [-0.4, -0.2) is 19.7 Å². The molecule has 0 radical (unpaired) electrons. The molecular weight excluding hydrogens is 270 g/mol. The van der Waals surface area contributed by atoms with Gasteiger partial charge in [0.1, 0.15) is 11.6 Å². The summed E-state index contributed by atoms with van der Waals surface area (Å²) in [5, 5.41) is 0. The van der Waals surface area contributed by atoms with E-state index < -0.39 is 5.82 Å². The quantitative estimate of drug-likeness (QED) is 0.461. The van der Waals surface area contributed by atoms with Crippen LogP contribution in [0, 0.1) is 5.82 Å². The second-order valence-electron chi connectivity index (χ2n) is 4.30. The highest BCUT2D eigenvalue weighted by molar-refractivity contribution is 6.06. The summed E-state index contributed by atoms with van der Waals surface area (Å²) < 4.78 is 23.5.